The van der Waals surface area contributed by atoms with E-state index < -0.39 is 0 Å². The second-order valence-electron chi connectivity index (χ2n) is 7.30. The molecule has 0 radical (unpaired) electrons. The number of piperidine rings is 1. The quantitative estimate of drug-likeness (QED) is 0.666. The van der Waals surface area contributed by atoms with Crippen LogP contribution in [0.4, 0.5) is 5.95 Å². The number of thiophene rings is 1. The Balaban J connectivity index is 1.90. The Bertz CT molecular complexity index is 1190. The van der Waals surface area contributed by atoms with Crippen molar-refractivity contribution in [3.05, 3.63) is 56.7 Å². The molecule has 4 rings (SSSR count). The highest BCUT2D eigenvalue weighted by atomic mass is 32.1. The van der Waals surface area contributed by atoms with E-state index in [0.29, 0.717) is 33.2 Å². The lowest BCUT2D eigenvalue weighted by Crippen LogP contribution is -2.45. The highest BCUT2D eigenvalue weighted by molar-refractivity contribution is 7.20. The molecule has 0 bridgehead atoms. The predicted octanol–water partition coefficient (Wildman–Crippen LogP) is 2.51. The van der Waals surface area contributed by atoms with Gasteiger partial charge in [-0.3, -0.25) is 14.2 Å². The zero-order chi connectivity index (χ0) is 20.5. The molecule has 1 aromatic carbocycles. The van der Waals surface area contributed by atoms with Gasteiger partial charge in [-0.1, -0.05) is 18.2 Å². The topological polar surface area (TPSA) is 105 Å². The van der Waals surface area contributed by atoms with Gasteiger partial charge in [0, 0.05) is 19.1 Å². The van der Waals surface area contributed by atoms with Crippen LogP contribution in [0, 0.1) is 11.3 Å². The van der Waals surface area contributed by atoms with Gasteiger partial charge in [0.05, 0.1) is 28.6 Å². The molecule has 0 spiro atoms. The molecule has 7 nitrogen and oxygen atoms in total. The molecule has 1 aliphatic heterocycles. The van der Waals surface area contributed by atoms with E-state index in [9.17, 15) is 14.9 Å². The second-order valence-corrected chi connectivity index (χ2v) is 8.35. The molecule has 0 unspecified atom stereocenters. The van der Waals surface area contributed by atoms with Crippen LogP contribution in [0.25, 0.3) is 10.2 Å². The molecule has 3 aromatic rings. The average Bonchev–Trinajstić information content (AvgIpc) is 3.15. The van der Waals surface area contributed by atoms with Gasteiger partial charge in [0.1, 0.15) is 4.70 Å². The number of carbonyl (C=O) groups is 1. The standard InChI is InChI=1S/C21H21N5O2S/c1-13(27)18-9-17-19(29-18)20(28)26(11-15-6-3-2-5-14(15)10-22)21(24-17)25-8-4-7-16(23)12-25/h2-3,5-6,9,16H,4,7-8,11-12,23H2,1H3/t16-/m1/s1. The molecule has 2 aromatic heterocycles. The Morgan fingerprint density at radius 3 is 2.93 bits per heavy atom. The van der Waals surface area contributed by atoms with Crippen molar-refractivity contribution < 1.29 is 4.79 Å². The first-order chi connectivity index (χ1) is 14.0. The van der Waals surface area contributed by atoms with Gasteiger partial charge < -0.3 is 10.6 Å². The third kappa shape index (κ3) is 3.67. The minimum absolute atomic E-state index is 0.0199. The highest BCUT2D eigenvalue weighted by Crippen LogP contribution is 2.26. The minimum atomic E-state index is -0.200. The summed E-state index contributed by atoms with van der Waals surface area (Å²) in [5.74, 6) is 0.452. The van der Waals surface area contributed by atoms with Gasteiger partial charge in [0.2, 0.25) is 5.95 Å². The average molecular weight is 407 g/mol. The SMILES string of the molecule is CC(=O)c1cc2nc(N3CCC[C@@H](N)C3)n(Cc3ccccc3C#N)c(=O)c2s1. The van der Waals surface area contributed by atoms with E-state index >= 15 is 0 Å². The lowest BCUT2D eigenvalue weighted by Gasteiger charge is -2.33. The van der Waals surface area contributed by atoms with Gasteiger partial charge in [-0.2, -0.15) is 5.26 Å². The number of rotatable bonds is 4. The monoisotopic (exact) mass is 407 g/mol. The van der Waals surface area contributed by atoms with Crippen LogP contribution in [0.2, 0.25) is 0 Å². The molecule has 0 saturated carbocycles. The number of ketones is 1. The number of benzene rings is 1. The summed E-state index contributed by atoms with van der Waals surface area (Å²) in [6, 6.07) is 11.1. The van der Waals surface area contributed by atoms with E-state index in [1.165, 1.54) is 18.3 Å². The number of nitrogens with two attached hydrogens (primary N) is 1. The summed E-state index contributed by atoms with van der Waals surface area (Å²) >= 11 is 1.17. The summed E-state index contributed by atoms with van der Waals surface area (Å²) in [5.41, 5.74) is 7.77. The Labute approximate surface area is 172 Å². The molecule has 148 valence electrons. The first-order valence-electron chi connectivity index (χ1n) is 9.51. The van der Waals surface area contributed by atoms with Crippen molar-refractivity contribution in [1.82, 2.24) is 9.55 Å². The Kier molecular flexibility index (Phi) is 5.18. The Morgan fingerprint density at radius 1 is 1.41 bits per heavy atom. The van der Waals surface area contributed by atoms with Gasteiger partial charge in [-0.15, -0.1) is 11.3 Å². The zero-order valence-electron chi connectivity index (χ0n) is 16.1. The second kappa shape index (κ2) is 7.78. The smallest absolute Gasteiger partial charge is 0.273 e. The molecule has 29 heavy (non-hydrogen) atoms. The van der Waals surface area contributed by atoms with Crippen molar-refractivity contribution >= 4 is 33.3 Å². The van der Waals surface area contributed by atoms with Gasteiger partial charge in [0.15, 0.2) is 5.78 Å². The number of nitrogens with zero attached hydrogens (tertiary/aromatic N) is 4. The lowest BCUT2D eigenvalue weighted by atomic mass is 10.1. The number of carbonyl (C=O) groups excluding carboxylic acids is 1. The van der Waals surface area contributed by atoms with Crippen LogP contribution < -0.4 is 16.2 Å². The van der Waals surface area contributed by atoms with Crippen molar-refractivity contribution in [2.75, 3.05) is 18.0 Å². The van der Waals surface area contributed by atoms with Crippen molar-refractivity contribution in [1.29, 1.82) is 5.26 Å². The molecule has 1 atom stereocenters. The van der Waals surface area contributed by atoms with Gasteiger partial charge in [-0.05, 0) is 37.5 Å². The molecule has 8 heteroatoms. The molecule has 1 fully saturated rings. The van der Waals surface area contributed by atoms with Crippen molar-refractivity contribution in [2.45, 2.75) is 32.4 Å². The maximum Gasteiger partial charge on any atom is 0.273 e. The summed E-state index contributed by atoms with van der Waals surface area (Å²) in [6.45, 7) is 3.09. The van der Waals surface area contributed by atoms with E-state index in [4.69, 9.17) is 10.7 Å². The fraction of sp³-hybridized carbons (Fsp3) is 0.333. The normalized spacial score (nSPS) is 16.7. The van der Waals surface area contributed by atoms with Crippen LogP contribution in [-0.2, 0) is 6.54 Å². The van der Waals surface area contributed by atoms with Gasteiger partial charge >= 0.3 is 0 Å². The van der Waals surface area contributed by atoms with E-state index in [-0.39, 0.29) is 23.9 Å². The molecule has 1 saturated heterocycles. The summed E-state index contributed by atoms with van der Waals surface area (Å²) in [6.07, 6.45) is 1.86. The number of nitriles is 1. The molecule has 3 heterocycles. The fourth-order valence-corrected chi connectivity index (χ4v) is 4.63. The van der Waals surface area contributed by atoms with Gasteiger partial charge in [0.25, 0.3) is 5.56 Å². The van der Waals surface area contributed by atoms with Crippen molar-refractivity contribution in [2.24, 2.45) is 5.73 Å². The van der Waals surface area contributed by atoms with Crippen molar-refractivity contribution in [3.8, 4) is 6.07 Å². The zero-order valence-corrected chi connectivity index (χ0v) is 16.9. The number of Topliss-reactive ketones (excluding diaryl/α,β-unsaturated/α-hetero) is 1. The molecule has 0 amide bonds. The number of aromatic nitrogens is 2. The van der Waals surface area contributed by atoms with Crippen LogP contribution in [0.3, 0.4) is 0 Å². The molecule has 2 N–H and O–H groups in total. The Morgan fingerprint density at radius 2 is 2.21 bits per heavy atom. The first kappa shape index (κ1) is 19.3. The number of hydrogen-bond acceptors (Lipinski definition) is 7. The number of anilines is 1. The highest BCUT2D eigenvalue weighted by Gasteiger charge is 2.24. The largest absolute Gasteiger partial charge is 0.341 e. The maximum absolute atomic E-state index is 13.4. The molecular formula is C21H21N5O2S. The minimum Gasteiger partial charge on any atom is -0.341 e. The number of fused-ring (bicyclic) bond motifs is 1. The van der Waals surface area contributed by atoms with Crippen molar-refractivity contribution in [3.63, 3.8) is 0 Å². The van der Waals surface area contributed by atoms with E-state index in [2.05, 4.69) is 6.07 Å². The van der Waals surface area contributed by atoms with Crippen LogP contribution in [0.15, 0.2) is 35.1 Å². The van der Waals surface area contributed by atoms with E-state index in [0.717, 1.165) is 24.9 Å². The van der Waals surface area contributed by atoms with Crippen LogP contribution in [0.1, 0.15) is 40.6 Å². The Hall–Kier alpha value is -3.02. The summed E-state index contributed by atoms with van der Waals surface area (Å²) in [5, 5.41) is 9.44. The van der Waals surface area contributed by atoms with Crippen LogP contribution >= 0.6 is 11.3 Å². The van der Waals surface area contributed by atoms with E-state index in [1.54, 1.807) is 22.8 Å². The first-order valence-corrected chi connectivity index (χ1v) is 10.3. The van der Waals surface area contributed by atoms with Gasteiger partial charge in [-0.25, -0.2) is 4.98 Å². The third-order valence-corrected chi connectivity index (χ3v) is 6.38. The molecule has 0 aliphatic carbocycles. The van der Waals surface area contributed by atoms with Crippen LogP contribution in [0.5, 0.6) is 0 Å². The summed E-state index contributed by atoms with van der Waals surface area (Å²) < 4.78 is 2.06. The lowest BCUT2D eigenvalue weighted by molar-refractivity contribution is 0.102. The number of hydrogen-bond donors (Lipinski definition) is 1. The maximum atomic E-state index is 13.4. The van der Waals surface area contributed by atoms with Crippen LogP contribution in [-0.4, -0.2) is 34.5 Å². The molecule has 1 aliphatic rings. The third-order valence-electron chi connectivity index (χ3n) is 5.17. The predicted molar refractivity (Wildman–Crippen MR) is 114 cm³/mol. The molecular weight excluding hydrogens is 386 g/mol. The van der Waals surface area contributed by atoms with E-state index in [1.807, 2.05) is 17.0 Å². The summed E-state index contributed by atoms with van der Waals surface area (Å²) in [7, 11) is 0. The summed E-state index contributed by atoms with van der Waals surface area (Å²) in [4.78, 5) is 32.5. The fourth-order valence-electron chi connectivity index (χ4n) is 3.69.